The molecule has 0 aromatic carbocycles. The highest BCUT2D eigenvalue weighted by Crippen LogP contribution is 2.12. The molecular formula is C6H6ClN2. The SMILES string of the molecule is C[CH]c1cnncc1Cl. The summed E-state index contributed by atoms with van der Waals surface area (Å²) in [5, 5.41) is 7.89. The van der Waals surface area contributed by atoms with Crippen molar-refractivity contribution in [2.45, 2.75) is 6.92 Å². The zero-order valence-corrected chi connectivity index (χ0v) is 5.76. The summed E-state index contributed by atoms with van der Waals surface area (Å²) in [6.45, 7) is 1.91. The second-order valence-corrected chi connectivity index (χ2v) is 1.99. The van der Waals surface area contributed by atoms with Gasteiger partial charge < -0.3 is 0 Å². The van der Waals surface area contributed by atoms with Crippen LogP contribution in [0.4, 0.5) is 0 Å². The lowest BCUT2D eigenvalue weighted by molar-refractivity contribution is 1.02. The van der Waals surface area contributed by atoms with Crippen molar-refractivity contribution in [2.24, 2.45) is 0 Å². The van der Waals surface area contributed by atoms with Gasteiger partial charge in [-0.1, -0.05) is 18.5 Å². The lowest BCUT2D eigenvalue weighted by atomic mass is 10.2. The van der Waals surface area contributed by atoms with Crippen LogP contribution in [0.3, 0.4) is 0 Å². The van der Waals surface area contributed by atoms with Crippen molar-refractivity contribution in [1.82, 2.24) is 10.2 Å². The third kappa shape index (κ3) is 1.39. The first-order valence-corrected chi connectivity index (χ1v) is 2.98. The molecule has 0 aliphatic carbocycles. The molecule has 2 nitrogen and oxygen atoms in total. The maximum atomic E-state index is 5.69. The van der Waals surface area contributed by atoms with Gasteiger partial charge in [-0.15, -0.1) is 0 Å². The number of rotatable bonds is 1. The average Bonchev–Trinajstić information content (AvgIpc) is 1.89. The molecule has 0 amide bonds. The summed E-state index contributed by atoms with van der Waals surface area (Å²) >= 11 is 5.69. The van der Waals surface area contributed by atoms with E-state index in [-0.39, 0.29) is 0 Å². The molecule has 0 atom stereocenters. The van der Waals surface area contributed by atoms with E-state index < -0.39 is 0 Å². The van der Waals surface area contributed by atoms with Crippen LogP contribution in [0.15, 0.2) is 12.4 Å². The van der Waals surface area contributed by atoms with E-state index in [1.807, 2.05) is 13.3 Å². The van der Waals surface area contributed by atoms with E-state index in [1.165, 1.54) is 6.20 Å². The van der Waals surface area contributed by atoms with E-state index >= 15 is 0 Å². The molecule has 1 rings (SSSR count). The quantitative estimate of drug-likeness (QED) is 0.595. The molecule has 47 valence electrons. The molecule has 0 saturated carbocycles. The molecule has 0 bridgehead atoms. The Hall–Kier alpha value is -0.630. The minimum atomic E-state index is 0.646. The van der Waals surface area contributed by atoms with Crippen LogP contribution in [-0.2, 0) is 0 Å². The van der Waals surface area contributed by atoms with Crippen molar-refractivity contribution < 1.29 is 0 Å². The second kappa shape index (κ2) is 2.78. The summed E-state index contributed by atoms with van der Waals surface area (Å²) in [4.78, 5) is 0. The molecule has 0 saturated heterocycles. The van der Waals surface area contributed by atoms with Crippen molar-refractivity contribution in [1.29, 1.82) is 0 Å². The van der Waals surface area contributed by atoms with Crippen LogP contribution < -0.4 is 0 Å². The van der Waals surface area contributed by atoms with E-state index in [0.717, 1.165) is 5.56 Å². The average molecular weight is 142 g/mol. The van der Waals surface area contributed by atoms with Gasteiger partial charge in [-0.3, -0.25) is 0 Å². The molecule has 1 heterocycles. The van der Waals surface area contributed by atoms with Crippen molar-refractivity contribution in [3.63, 3.8) is 0 Å². The van der Waals surface area contributed by atoms with Gasteiger partial charge in [0, 0.05) is 0 Å². The smallest absolute Gasteiger partial charge is 0.0685 e. The Kier molecular flexibility index (Phi) is 2.01. The molecule has 0 N–H and O–H groups in total. The Morgan fingerprint density at radius 2 is 2.11 bits per heavy atom. The highest BCUT2D eigenvalue weighted by molar-refractivity contribution is 6.31. The molecule has 1 aromatic rings. The van der Waals surface area contributed by atoms with Crippen molar-refractivity contribution >= 4 is 11.6 Å². The van der Waals surface area contributed by atoms with Crippen LogP contribution >= 0.6 is 11.6 Å². The lowest BCUT2D eigenvalue weighted by Crippen LogP contribution is -1.84. The first kappa shape index (κ1) is 6.49. The fourth-order valence-electron chi connectivity index (χ4n) is 0.528. The summed E-state index contributed by atoms with van der Waals surface area (Å²) in [7, 11) is 0. The molecule has 3 heteroatoms. The topological polar surface area (TPSA) is 25.8 Å². The molecular weight excluding hydrogens is 136 g/mol. The molecule has 0 fully saturated rings. The van der Waals surface area contributed by atoms with Crippen molar-refractivity contribution in [3.05, 3.63) is 29.4 Å². The van der Waals surface area contributed by atoms with Crippen LogP contribution in [0.25, 0.3) is 0 Å². The highest BCUT2D eigenvalue weighted by Gasteiger charge is 1.94. The molecule has 1 aromatic heterocycles. The lowest BCUT2D eigenvalue weighted by Gasteiger charge is -1.93. The van der Waals surface area contributed by atoms with Gasteiger partial charge in [0.25, 0.3) is 0 Å². The number of hydrogen-bond donors (Lipinski definition) is 0. The van der Waals surface area contributed by atoms with Crippen LogP contribution in [-0.4, -0.2) is 10.2 Å². The zero-order chi connectivity index (χ0) is 6.69. The van der Waals surface area contributed by atoms with Gasteiger partial charge in [0.2, 0.25) is 0 Å². The van der Waals surface area contributed by atoms with Gasteiger partial charge in [0.15, 0.2) is 0 Å². The van der Waals surface area contributed by atoms with Crippen molar-refractivity contribution in [3.8, 4) is 0 Å². The van der Waals surface area contributed by atoms with E-state index in [0.29, 0.717) is 5.02 Å². The van der Waals surface area contributed by atoms with Crippen LogP contribution in [0.5, 0.6) is 0 Å². The number of halogens is 1. The second-order valence-electron chi connectivity index (χ2n) is 1.58. The van der Waals surface area contributed by atoms with Crippen LogP contribution in [0, 0.1) is 6.42 Å². The summed E-state index contributed by atoms with van der Waals surface area (Å²) < 4.78 is 0. The Balaban J connectivity index is 3.01. The molecule has 1 radical (unpaired) electrons. The largest absolute Gasteiger partial charge is 0.159 e. The van der Waals surface area contributed by atoms with Gasteiger partial charge in [0.05, 0.1) is 17.4 Å². The first-order valence-electron chi connectivity index (χ1n) is 2.60. The first-order chi connectivity index (χ1) is 4.34. The van der Waals surface area contributed by atoms with E-state index in [9.17, 15) is 0 Å². The number of nitrogens with zero attached hydrogens (tertiary/aromatic N) is 2. The molecule has 0 unspecified atom stereocenters. The standard InChI is InChI=1S/C6H6ClN2/c1-2-5-3-8-9-4-6(5)7/h2-4H,1H3. The van der Waals surface area contributed by atoms with E-state index in [2.05, 4.69) is 10.2 Å². The Morgan fingerprint density at radius 1 is 1.44 bits per heavy atom. The summed E-state index contributed by atoms with van der Waals surface area (Å²) in [6, 6.07) is 0. The maximum Gasteiger partial charge on any atom is 0.0685 e. The molecule has 0 spiro atoms. The molecule has 0 aliphatic rings. The van der Waals surface area contributed by atoms with Gasteiger partial charge in [0.1, 0.15) is 0 Å². The monoisotopic (exact) mass is 141 g/mol. The minimum Gasteiger partial charge on any atom is -0.159 e. The predicted octanol–water partition coefficient (Wildman–Crippen LogP) is 1.70. The summed E-state index contributed by atoms with van der Waals surface area (Å²) in [5.41, 5.74) is 0.923. The Morgan fingerprint density at radius 3 is 2.56 bits per heavy atom. The third-order valence-electron chi connectivity index (χ3n) is 1.02. The van der Waals surface area contributed by atoms with Crippen molar-refractivity contribution in [2.75, 3.05) is 0 Å². The van der Waals surface area contributed by atoms with Crippen LogP contribution in [0.2, 0.25) is 5.02 Å². The summed E-state index contributed by atoms with van der Waals surface area (Å²) in [5.74, 6) is 0. The molecule has 0 aliphatic heterocycles. The van der Waals surface area contributed by atoms with Gasteiger partial charge in [-0.05, 0) is 12.0 Å². The third-order valence-corrected chi connectivity index (χ3v) is 1.34. The zero-order valence-electron chi connectivity index (χ0n) is 5.00. The van der Waals surface area contributed by atoms with Gasteiger partial charge in [-0.2, -0.15) is 10.2 Å². The minimum absolute atomic E-state index is 0.646. The number of hydrogen-bond acceptors (Lipinski definition) is 2. The maximum absolute atomic E-state index is 5.69. The predicted molar refractivity (Wildman–Crippen MR) is 36.1 cm³/mol. The normalized spacial score (nSPS) is 9.56. The molecule has 9 heavy (non-hydrogen) atoms. The highest BCUT2D eigenvalue weighted by atomic mass is 35.5. The summed E-state index contributed by atoms with van der Waals surface area (Å²) in [6.07, 6.45) is 5.04. The fourth-order valence-corrected chi connectivity index (χ4v) is 0.730. The van der Waals surface area contributed by atoms with Gasteiger partial charge >= 0.3 is 0 Å². The Labute approximate surface area is 58.9 Å². The van der Waals surface area contributed by atoms with E-state index in [1.54, 1.807) is 6.20 Å². The Bertz CT molecular complexity index is 200. The number of aromatic nitrogens is 2. The van der Waals surface area contributed by atoms with Crippen LogP contribution in [0.1, 0.15) is 12.5 Å². The van der Waals surface area contributed by atoms with E-state index in [4.69, 9.17) is 11.6 Å². The van der Waals surface area contributed by atoms with Gasteiger partial charge in [-0.25, -0.2) is 0 Å². The fraction of sp³-hybridized carbons (Fsp3) is 0.167.